The summed E-state index contributed by atoms with van der Waals surface area (Å²) in [7, 11) is -3.43. The lowest BCUT2D eigenvalue weighted by atomic mass is 9.84. The predicted molar refractivity (Wildman–Crippen MR) is 73.9 cm³/mol. The molecular weight excluding hydrogens is 266 g/mol. The van der Waals surface area contributed by atoms with Crippen molar-refractivity contribution in [2.75, 3.05) is 19.7 Å². The first-order chi connectivity index (χ1) is 9.04. The molecule has 3 atom stereocenters. The van der Waals surface area contributed by atoms with E-state index in [1.54, 1.807) is 4.31 Å². The van der Waals surface area contributed by atoms with Crippen molar-refractivity contribution in [3.05, 3.63) is 0 Å². The Labute approximate surface area is 115 Å². The molecule has 6 nitrogen and oxygen atoms in total. The van der Waals surface area contributed by atoms with Crippen LogP contribution < -0.4 is 10.5 Å². The number of nitrogens with zero attached hydrogens (tertiary/aromatic N) is 1. The van der Waals surface area contributed by atoms with Crippen LogP contribution in [-0.2, 0) is 14.9 Å². The van der Waals surface area contributed by atoms with Gasteiger partial charge >= 0.3 is 0 Å². The van der Waals surface area contributed by atoms with Crippen molar-refractivity contribution >= 4 is 10.2 Å². The van der Waals surface area contributed by atoms with E-state index in [1.165, 1.54) is 0 Å². The summed E-state index contributed by atoms with van der Waals surface area (Å²) < 4.78 is 34.4. The highest BCUT2D eigenvalue weighted by molar-refractivity contribution is 7.87. The first-order valence-corrected chi connectivity index (χ1v) is 8.63. The summed E-state index contributed by atoms with van der Waals surface area (Å²) in [5.41, 5.74) is 5.89. The third-order valence-electron chi connectivity index (χ3n) is 3.94. The van der Waals surface area contributed by atoms with Crippen molar-refractivity contribution in [3.8, 4) is 0 Å². The lowest BCUT2D eigenvalue weighted by Crippen LogP contribution is -2.66. The van der Waals surface area contributed by atoms with Crippen LogP contribution in [0.5, 0.6) is 0 Å². The van der Waals surface area contributed by atoms with Gasteiger partial charge in [-0.15, -0.1) is 0 Å². The van der Waals surface area contributed by atoms with Crippen molar-refractivity contribution in [3.63, 3.8) is 0 Å². The molecule has 0 aromatic rings. The zero-order chi connectivity index (χ0) is 13.9. The number of nitrogens with two attached hydrogens (primary N) is 1. The second-order valence-corrected chi connectivity index (χ2v) is 7.06. The van der Waals surface area contributed by atoms with Gasteiger partial charge in [-0.3, -0.25) is 0 Å². The molecule has 2 fully saturated rings. The second kappa shape index (κ2) is 6.49. The largest absolute Gasteiger partial charge is 0.377 e. The number of ether oxygens (including phenoxy) is 1. The Hall–Kier alpha value is -0.210. The quantitative estimate of drug-likeness (QED) is 0.758. The average Bonchev–Trinajstić information content (AvgIpc) is 2.65. The highest BCUT2D eigenvalue weighted by atomic mass is 32.2. The van der Waals surface area contributed by atoms with Crippen LogP contribution in [0.3, 0.4) is 0 Å². The van der Waals surface area contributed by atoms with Gasteiger partial charge in [0.1, 0.15) is 0 Å². The Balaban J connectivity index is 1.95. The van der Waals surface area contributed by atoms with Crippen molar-refractivity contribution in [1.82, 2.24) is 9.03 Å². The summed E-state index contributed by atoms with van der Waals surface area (Å²) in [4.78, 5) is 0. The topological polar surface area (TPSA) is 84.7 Å². The fourth-order valence-electron chi connectivity index (χ4n) is 2.72. The summed E-state index contributed by atoms with van der Waals surface area (Å²) in [5.74, 6) is 0. The van der Waals surface area contributed by atoms with E-state index in [2.05, 4.69) is 4.72 Å². The highest BCUT2D eigenvalue weighted by Gasteiger charge is 2.42. The molecule has 7 heteroatoms. The number of hydrogen-bond acceptors (Lipinski definition) is 4. The average molecular weight is 291 g/mol. The SMILES string of the molecule is CCOC1CC(N)C1NS(=O)(=O)N1CCCCCC1. The molecule has 0 amide bonds. The van der Waals surface area contributed by atoms with Crippen molar-refractivity contribution in [1.29, 1.82) is 0 Å². The maximum absolute atomic E-state index is 12.3. The van der Waals surface area contributed by atoms with Crippen LogP contribution in [0, 0.1) is 0 Å². The van der Waals surface area contributed by atoms with E-state index in [9.17, 15) is 8.42 Å². The van der Waals surface area contributed by atoms with Crippen LogP contribution in [0.15, 0.2) is 0 Å². The molecule has 0 bridgehead atoms. The first-order valence-electron chi connectivity index (χ1n) is 7.19. The molecule has 0 aromatic heterocycles. The van der Waals surface area contributed by atoms with Crippen LogP contribution in [-0.4, -0.2) is 50.6 Å². The van der Waals surface area contributed by atoms with Crippen LogP contribution in [0.25, 0.3) is 0 Å². The van der Waals surface area contributed by atoms with E-state index >= 15 is 0 Å². The van der Waals surface area contributed by atoms with Gasteiger partial charge in [0, 0.05) is 25.7 Å². The molecule has 112 valence electrons. The Morgan fingerprint density at radius 3 is 2.42 bits per heavy atom. The van der Waals surface area contributed by atoms with Gasteiger partial charge in [-0.25, -0.2) is 0 Å². The number of rotatable bonds is 5. The van der Waals surface area contributed by atoms with E-state index in [0.717, 1.165) is 32.1 Å². The van der Waals surface area contributed by atoms with Crippen molar-refractivity contribution in [2.24, 2.45) is 5.73 Å². The molecule has 0 aromatic carbocycles. The lowest BCUT2D eigenvalue weighted by Gasteiger charge is -2.42. The fourth-order valence-corrected chi connectivity index (χ4v) is 4.28. The Morgan fingerprint density at radius 1 is 1.26 bits per heavy atom. The predicted octanol–water partition coefficient (Wildman–Crippen LogP) is 0.202. The number of hydrogen-bond donors (Lipinski definition) is 2. The van der Waals surface area contributed by atoms with Crippen LogP contribution in [0.2, 0.25) is 0 Å². The molecule has 3 unspecified atom stereocenters. The van der Waals surface area contributed by atoms with E-state index in [4.69, 9.17) is 10.5 Å². The molecule has 2 rings (SSSR count). The fraction of sp³-hybridized carbons (Fsp3) is 1.00. The molecule has 1 saturated heterocycles. The minimum Gasteiger partial charge on any atom is -0.377 e. The molecule has 1 aliphatic heterocycles. The molecule has 2 aliphatic rings. The summed E-state index contributed by atoms with van der Waals surface area (Å²) in [5, 5.41) is 0. The van der Waals surface area contributed by atoms with E-state index in [-0.39, 0.29) is 18.2 Å². The van der Waals surface area contributed by atoms with Gasteiger partial charge in [-0.05, 0) is 26.2 Å². The molecule has 0 spiro atoms. The van der Waals surface area contributed by atoms with E-state index < -0.39 is 10.2 Å². The summed E-state index contributed by atoms with van der Waals surface area (Å²) in [6.07, 6.45) is 4.73. The van der Waals surface area contributed by atoms with Gasteiger partial charge in [0.15, 0.2) is 0 Å². The van der Waals surface area contributed by atoms with E-state index in [1.807, 2.05) is 6.92 Å². The molecule has 0 radical (unpaired) electrons. The molecular formula is C12H25N3O3S. The standard InChI is InChI=1S/C12H25N3O3S/c1-2-18-11-9-10(13)12(11)14-19(16,17)15-7-5-3-4-6-8-15/h10-12,14H,2-9,13H2,1H3. The van der Waals surface area contributed by atoms with Gasteiger partial charge in [-0.2, -0.15) is 17.4 Å². The molecule has 1 aliphatic carbocycles. The summed E-state index contributed by atoms with van der Waals surface area (Å²) in [6, 6.07) is -0.425. The summed E-state index contributed by atoms with van der Waals surface area (Å²) >= 11 is 0. The number of nitrogens with one attached hydrogen (secondary N) is 1. The van der Waals surface area contributed by atoms with Gasteiger partial charge < -0.3 is 10.5 Å². The lowest BCUT2D eigenvalue weighted by molar-refractivity contribution is -0.0252. The third-order valence-corrected chi connectivity index (χ3v) is 5.55. The van der Waals surface area contributed by atoms with Crippen LogP contribution in [0.4, 0.5) is 0 Å². The Bertz CT molecular complexity index is 378. The monoisotopic (exact) mass is 291 g/mol. The van der Waals surface area contributed by atoms with Gasteiger partial charge in [-0.1, -0.05) is 12.8 Å². The molecule has 3 N–H and O–H groups in total. The first kappa shape index (κ1) is 15.2. The van der Waals surface area contributed by atoms with E-state index in [0.29, 0.717) is 19.7 Å². The minimum absolute atomic E-state index is 0.0817. The van der Waals surface area contributed by atoms with Crippen LogP contribution in [0.1, 0.15) is 39.0 Å². The molecule has 1 heterocycles. The minimum atomic E-state index is -3.43. The zero-order valence-corrected chi connectivity index (χ0v) is 12.4. The Kier molecular flexibility index (Phi) is 5.19. The molecule has 1 saturated carbocycles. The maximum Gasteiger partial charge on any atom is 0.279 e. The van der Waals surface area contributed by atoms with Gasteiger partial charge in [0.25, 0.3) is 10.2 Å². The Morgan fingerprint density at radius 2 is 1.89 bits per heavy atom. The second-order valence-electron chi connectivity index (χ2n) is 5.36. The van der Waals surface area contributed by atoms with Crippen LogP contribution >= 0.6 is 0 Å². The molecule has 19 heavy (non-hydrogen) atoms. The smallest absolute Gasteiger partial charge is 0.279 e. The zero-order valence-electron chi connectivity index (χ0n) is 11.5. The van der Waals surface area contributed by atoms with Crippen molar-refractivity contribution < 1.29 is 13.2 Å². The van der Waals surface area contributed by atoms with Gasteiger partial charge in [0.05, 0.1) is 12.1 Å². The third kappa shape index (κ3) is 3.66. The summed E-state index contributed by atoms with van der Waals surface area (Å²) in [6.45, 7) is 3.71. The normalized spacial score (nSPS) is 33.7. The maximum atomic E-state index is 12.3. The highest BCUT2D eigenvalue weighted by Crippen LogP contribution is 2.24. The van der Waals surface area contributed by atoms with Crippen molar-refractivity contribution in [2.45, 2.75) is 57.2 Å². The van der Waals surface area contributed by atoms with Gasteiger partial charge in [0.2, 0.25) is 0 Å².